The van der Waals surface area contributed by atoms with Gasteiger partial charge in [-0.25, -0.2) is 0 Å². The predicted octanol–water partition coefficient (Wildman–Crippen LogP) is 4.69. The molecule has 0 saturated carbocycles. The van der Waals surface area contributed by atoms with Crippen LogP contribution in [0, 0.1) is 0 Å². The predicted molar refractivity (Wildman–Crippen MR) is 125 cm³/mol. The fourth-order valence-corrected chi connectivity index (χ4v) is 3.26. The van der Waals surface area contributed by atoms with Crippen molar-refractivity contribution in [2.45, 2.75) is 72.0 Å². The summed E-state index contributed by atoms with van der Waals surface area (Å²) in [4.78, 5) is 27.6. The Bertz CT molecular complexity index is 858. The molecule has 0 spiro atoms. The summed E-state index contributed by atoms with van der Waals surface area (Å²) >= 11 is 0. The van der Waals surface area contributed by atoms with Crippen molar-refractivity contribution in [3.8, 4) is 5.75 Å². The van der Waals surface area contributed by atoms with Gasteiger partial charge in [0.15, 0.2) is 6.61 Å². The van der Waals surface area contributed by atoms with Crippen LogP contribution in [-0.4, -0.2) is 35.4 Å². The molecule has 1 N–H and O–H groups in total. The first-order chi connectivity index (χ1) is 14.6. The molecule has 0 aliphatic heterocycles. The average molecular weight is 425 g/mol. The number of hydrogen-bond acceptors (Lipinski definition) is 3. The third-order valence-corrected chi connectivity index (χ3v) is 5.41. The molecule has 2 rings (SSSR count). The van der Waals surface area contributed by atoms with Gasteiger partial charge in [0.25, 0.3) is 5.91 Å². The Morgan fingerprint density at radius 1 is 1.00 bits per heavy atom. The Balaban J connectivity index is 2.19. The second-order valence-corrected chi connectivity index (χ2v) is 9.04. The molecule has 2 aromatic rings. The summed E-state index contributed by atoms with van der Waals surface area (Å²) in [6.45, 7) is 12.3. The fraction of sp³-hybridized carbons (Fsp3) is 0.462. The van der Waals surface area contributed by atoms with Crippen molar-refractivity contribution in [3.05, 3.63) is 65.7 Å². The number of amides is 2. The molecule has 2 amide bonds. The summed E-state index contributed by atoms with van der Waals surface area (Å²) in [7, 11) is 0. The van der Waals surface area contributed by atoms with E-state index in [2.05, 4.69) is 26.1 Å². The molecule has 2 aromatic carbocycles. The minimum absolute atomic E-state index is 0.0542. The second kappa shape index (κ2) is 11.0. The van der Waals surface area contributed by atoms with E-state index in [9.17, 15) is 9.59 Å². The van der Waals surface area contributed by atoms with E-state index >= 15 is 0 Å². The van der Waals surface area contributed by atoms with Gasteiger partial charge in [0.1, 0.15) is 11.8 Å². The molecule has 2 atom stereocenters. The van der Waals surface area contributed by atoms with E-state index in [0.717, 1.165) is 17.5 Å². The third kappa shape index (κ3) is 7.12. The maximum absolute atomic E-state index is 13.2. The van der Waals surface area contributed by atoms with Gasteiger partial charge in [0.05, 0.1) is 0 Å². The van der Waals surface area contributed by atoms with Crippen LogP contribution in [0.25, 0.3) is 0 Å². The summed E-state index contributed by atoms with van der Waals surface area (Å²) in [5.41, 5.74) is 1.90. The molecular weight excluding hydrogens is 388 g/mol. The lowest BCUT2D eigenvalue weighted by Gasteiger charge is -2.30. The van der Waals surface area contributed by atoms with Crippen LogP contribution in [0.2, 0.25) is 0 Å². The van der Waals surface area contributed by atoms with E-state index in [1.165, 1.54) is 0 Å². The minimum atomic E-state index is -0.608. The van der Waals surface area contributed by atoms with Crippen LogP contribution in [-0.2, 0) is 21.5 Å². The van der Waals surface area contributed by atoms with Crippen LogP contribution in [0.5, 0.6) is 5.75 Å². The number of benzene rings is 2. The summed E-state index contributed by atoms with van der Waals surface area (Å²) in [5.74, 6) is 0.313. The van der Waals surface area contributed by atoms with Gasteiger partial charge in [-0.05, 0) is 42.9 Å². The zero-order valence-electron chi connectivity index (χ0n) is 19.6. The number of rotatable bonds is 9. The molecule has 0 aromatic heterocycles. The largest absolute Gasteiger partial charge is 0.483 e. The van der Waals surface area contributed by atoms with Gasteiger partial charge in [0, 0.05) is 12.6 Å². The molecule has 0 fully saturated rings. The van der Waals surface area contributed by atoms with E-state index in [1.807, 2.05) is 68.4 Å². The molecular formula is C26H36N2O3. The number of carbonyl (C=O) groups excluding carboxylic acids is 2. The van der Waals surface area contributed by atoms with Gasteiger partial charge in [-0.3, -0.25) is 9.59 Å². The van der Waals surface area contributed by atoms with Gasteiger partial charge >= 0.3 is 0 Å². The number of nitrogens with one attached hydrogen (secondary N) is 1. The molecule has 0 heterocycles. The Labute approximate surface area is 186 Å². The van der Waals surface area contributed by atoms with E-state index in [4.69, 9.17) is 4.74 Å². The van der Waals surface area contributed by atoms with Gasteiger partial charge in [-0.2, -0.15) is 0 Å². The highest BCUT2D eigenvalue weighted by Crippen LogP contribution is 2.31. The first-order valence-corrected chi connectivity index (χ1v) is 11.0. The van der Waals surface area contributed by atoms with Gasteiger partial charge < -0.3 is 15.0 Å². The Hall–Kier alpha value is -2.82. The zero-order chi connectivity index (χ0) is 23.0. The molecule has 0 bridgehead atoms. The monoisotopic (exact) mass is 424 g/mol. The molecule has 31 heavy (non-hydrogen) atoms. The Morgan fingerprint density at radius 2 is 1.61 bits per heavy atom. The van der Waals surface area contributed by atoms with E-state index in [0.29, 0.717) is 12.3 Å². The van der Waals surface area contributed by atoms with Gasteiger partial charge in [-0.1, -0.05) is 76.2 Å². The van der Waals surface area contributed by atoms with Crippen molar-refractivity contribution in [3.63, 3.8) is 0 Å². The lowest BCUT2D eigenvalue weighted by Crippen LogP contribution is -2.50. The van der Waals surface area contributed by atoms with Crippen LogP contribution in [0.3, 0.4) is 0 Å². The quantitative estimate of drug-likeness (QED) is 0.635. The van der Waals surface area contributed by atoms with Crippen molar-refractivity contribution >= 4 is 11.8 Å². The molecule has 5 nitrogen and oxygen atoms in total. The molecule has 0 aliphatic carbocycles. The van der Waals surface area contributed by atoms with Crippen LogP contribution < -0.4 is 10.1 Å². The van der Waals surface area contributed by atoms with Crippen molar-refractivity contribution in [1.29, 1.82) is 0 Å². The van der Waals surface area contributed by atoms with Crippen LogP contribution in [0.15, 0.2) is 54.6 Å². The van der Waals surface area contributed by atoms with E-state index in [-0.39, 0.29) is 29.9 Å². The topological polar surface area (TPSA) is 58.6 Å². The molecule has 0 radical (unpaired) electrons. The highest BCUT2D eigenvalue weighted by Gasteiger charge is 2.27. The summed E-state index contributed by atoms with van der Waals surface area (Å²) in [6, 6.07) is 16.9. The average Bonchev–Trinajstić information content (AvgIpc) is 2.75. The minimum Gasteiger partial charge on any atom is -0.483 e. The highest BCUT2D eigenvalue weighted by atomic mass is 16.5. The van der Waals surface area contributed by atoms with Gasteiger partial charge in [-0.15, -0.1) is 0 Å². The summed E-state index contributed by atoms with van der Waals surface area (Å²) in [6.07, 6.45) is 0.831. The molecule has 0 aliphatic rings. The second-order valence-electron chi connectivity index (χ2n) is 9.04. The standard InChI is InChI=1S/C26H36N2O3/c1-7-19(2)27-25(30)20(3)28(17-21-13-9-8-10-14-21)24(29)18-31-23-16-12-11-15-22(23)26(4,5)6/h8-16,19-20H,7,17-18H2,1-6H3,(H,27,30)/t19-,20-/m0/s1. The van der Waals surface area contributed by atoms with Crippen molar-refractivity contribution in [2.75, 3.05) is 6.61 Å². The highest BCUT2D eigenvalue weighted by molar-refractivity contribution is 5.88. The summed E-state index contributed by atoms with van der Waals surface area (Å²) in [5, 5.41) is 2.98. The first-order valence-electron chi connectivity index (χ1n) is 11.0. The maximum Gasteiger partial charge on any atom is 0.261 e. The zero-order valence-corrected chi connectivity index (χ0v) is 19.6. The number of ether oxygens (including phenoxy) is 1. The SMILES string of the molecule is CC[C@H](C)NC(=O)[C@H](C)N(Cc1ccccc1)C(=O)COc1ccccc1C(C)(C)C. The molecule has 0 unspecified atom stereocenters. The van der Waals surface area contributed by atoms with Gasteiger partial charge in [0.2, 0.25) is 5.91 Å². The van der Waals surface area contributed by atoms with E-state index < -0.39 is 6.04 Å². The van der Waals surface area contributed by atoms with Crippen LogP contribution >= 0.6 is 0 Å². The lowest BCUT2D eigenvalue weighted by molar-refractivity contribution is -0.142. The third-order valence-electron chi connectivity index (χ3n) is 5.41. The van der Waals surface area contributed by atoms with Crippen LogP contribution in [0.1, 0.15) is 59.1 Å². The molecule has 5 heteroatoms. The molecule has 168 valence electrons. The number of carbonyl (C=O) groups is 2. The maximum atomic E-state index is 13.2. The van der Waals surface area contributed by atoms with Crippen LogP contribution in [0.4, 0.5) is 0 Å². The normalized spacial score (nSPS) is 13.2. The van der Waals surface area contributed by atoms with Crippen molar-refractivity contribution in [1.82, 2.24) is 10.2 Å². The number of nitrogens with zero attached hydrogens (tertiary/aromatic N) is 1. The Kier molecular flexibility index (Phi) is 8.66. The first kappa shape index (κ1) is 24.4. The number of hydrogen-bond donors (Lipinski definition) is 1. The Morgan fingerprint density at radius 3 is 2.23 bits per heavy atom. The van der Waals surface area contributed by atoms with E-state index in [1.54, 1.807) is 11.8 Å². The summed E-state index contributed by atoms with van der Waals surface area (Å²) < 4.78 is 5.95. The molecule has 0 saturated heterocycles. The van der Waals surface area contributed by atoms with Crippen molar-refractivity contribution in [2.24, 2.45) is 0 Å². The fourth-order valence-electron chi connectivity index (χ4n) is 3.26. The smallest absolute Gasteiger partial charge is 0.261 e. The number of para-hydroxylation sites is 1. The van der Waals surface area contributed by atoms with Crippen molar-refractivity contribution < 1.29 is 14.3 Å². The lowest BCUT2D eigenvalue weighted by atomic mass is 9.86.